The molecule has 0 aliphatic carbocycles. The zero-order valence-electron chi connectivity index (χ0n) is 7.63. The first kappa shape index (κ1) is 12.1. The molecular weight excluding hydrogens is 274 g/mol. The van der Waals surface area contributed by atoms with Gasteiger partial charge in [0.15, 0.2) is 6.10 Å². The summed E-state index contributed by atoms with van der Waals surface area (Å²) in [5.41, 5.74) is -0.338. The fraction of sp³-hybridized carbons (Fsp3) is 0.222. The highest BCUT2D eigenvalue weighted by Crippen LogP contribution is 2.26. The van der Waals surface area contributed by atoms with Gasteiger partial charge in [0.05, 0.1) is 11.6 Å². The van der Waals surface area contributed by atoms with Crippen molar-refractivity contribution in [3.63, 3.8) is 0 Å². The van der Waals surface area contributed by atoms with Crippen LogP contribution in [-0.4, -0.2) is 18.2 Å². The van der Waals surface area contributed by atoms with E-state index in [1.54, 1.807) is 0 Å². The second-order valence-electron chi connectivity index (χ2n) is 2.69. The highest BCUT2D eigenvalue weighted by molar-refractivity contribution is 9.10. The number of benzene rings is 1. The van der Waals surface area contributed by atoms with E-state index in [9.17, 15) is 18.7 Å². The SMILES string of the molecule is COC(=O)C(O)c1ccc(F)c(Br)c1F. The van der Waals surface area contributed by atoms with Crippen molar-refractivity contribution < 1.29 is 23.4 Å². The monoisotopic (exact) mass is 280 g/mol. The number of ether oxygens (including phenoxy) is 1. The van der Waals surface area contributed by atoms with Crippen molar-refractivity contribution in [2.24, 2.45) is 0 Å². The van der Waals surface area contributed by atoms with Crippen LogP contribution in [0.4, 0.5) is 8.78 Å². The van der Waals surface area contributed by atoms with Crippen LogP contribution in [0.3, 0.4) is 0 Å². The smallest absolute Gasteiger partial charge is 0.339 e. The van der Waals surface area contributed by atoms with Gasteiger partial charge in [0, 0.05) is 5.56 Å². The lowest BCUT2D eigenvalue weighted by atomic mass is 10.1. The summed E-state index contributed by atoms with van der Waals surface area (Å²) in [6.45, 7) is 0. The van der Waals surface area contributed by atoms with Crippen molar-refractivity contribution in [1.82, 2.24) is 0 Å². The molecule has 0 aliphatic rings. The standard InChI is InChI=1S/C9H7BrF2O3/c1-15-9(14)8(13)4-2-3-5(11)6(10)7(4)12/h2-3,8,13H,1H3. The van der Waals surface area contributed by atoms with E-state index >= 15 is 0 Å². The molecule has 0 spiro atoms. The molecule has 0 heterocycles. The van der Waals surface area contributed by atoms with Crippen molar-refractivity contribution in [3.05, 3.63) is 33.8 Å². The van der Waals surface area contributed by atoms with Crippen molar-refractivity contribution in [1.29, 1.82) is 0 Å². The third-order valence-corrected chi connectivity index (χ3v) is 2.51. The zero-order valence-corrected chi connectivity index (χ0v) is 9.22. The number of hydrogen-bond donors (Lipinski definition) is 1. The topological polar surface area (TPSA) is 46.5 Å². The van der Waals surface area contributed by atoms with Crippen LogP contribution in [0.2, 0.25) is 0 Å². The number of aliphatic hydroxyl groups is 1. The number of hydrogen-bond acceptors (Lipinski definition) is 3. The number of rotatable bonds is 2. The maximum Gasteiger partial charge on any atom is 0.339 e. The van der Waals surface area contributed by atoms with Crippen molar-refractivity contribution >= 4 is 21.9 Å². The average Bonchev–Trinajstić information content (AvgIpc) is 2.24. The van der Waals surface area contributed by atoms with Crippen LogP contribution < -0.4 is 0 Å². The summed E-state index contributed by atoms with van der Waals surface area (Å²) in [5, 5.41) is 9.33. The molecule has 0 fully saturated rings. The zero-order chi connectivity index (χ0) is 11.6. The Hall–Kier alpha value is -1.01. The van der Waals surface area contributed by atoms with Crippen LogP contribution in [-0.2, 0) is 9.53 Å². The molecule has 6 heteroatoms. The van der Waals surface area contributed by atoms with Crippen LogP contribution in [0.25, 0.3) is 0 Å². The first-order valence-electron chi connectivity index (χ1n) is 3.88. The van der Waals surface area contributed by atoms with Crippen molar-refractivity contribution in [2.75, 3.05) is 7.11 Å². The molecule has 0 aliphatic heterocycles. The summed E-state index contributed by atoms with van der Waals surface area (Å²) in [7, 11) is 1.06. The van der Waals surface area contributed by atoms with E-state index in [1.165, 1.54) is 0 Å². The molecule has 82 valence electrons. The molecule has 1 N–H and O–H groups in total. The van der Waals surface area contributed by atoms with E-state index in [1.807, 2.05) is 0 Å². The molecule has 1 rings (SSSR count). The van der Waals surface area contributed by atoms with Crippen LogP contribution in [0.15, 0.2) is 16.6 Å². The lowest BCUT2D eigenvalue weighted by molar-refractivity contribution is -0.150. The number of carbonyl (C=O) groups is 1. The molecule has 1 aromatic rings. The second-order valence-corrected chi connectivity index (χ2v) is 3.48. The molecule has 0 saturated carbocycles. The van der Waals surface area contributed by atoms with E-state index in [2.05, 4.69) is 20.7 Å². The third-order valence-electron chi connectivity index (χ3n) is 1.78. The van der Waals surface area contributed by atoms with E-state index < -0.39 is 28.2 Å². The molecule has 0 amide bonds. The van der Waals surface area contributed by atoms with Crippen molar-refractivity contribution in [3.8, 4) is 0 Å². The Labute approximate surface area is 92.8 Å². The first-order valence-corrected chi connectivity index (χ1v) is 4.67. The van der Waals surface area contributed by atoms with Gasteiger partial charge >= 0.3 is 5.97 Å². The van der Waals surface area contributed by atoms with Crippen molar-refractivity contribution in [2.45, 2.75) is 6.10 Å². The van der Waals surface area contributed by atoms with Crippen LogP contribution in [0.5, 0.6) is 0 Å². The minimum absolute atomic E-state index is 0.338. The van der Waals surface area contributed by atoms with Gasteiger partial charge in [-0.2, -0.15) is 0 Å². The maximum atomic E-state index is 13.4. The highest BCUT2D eigenvalue weighted by Gasteiger charge is 2.23. The molecule has 1 atom stereocenters. The fourth-order valence-electron chi connectivity index (χ4n) is 0.991. The highest BCUT2D eigenvalue weighted by atomic mass is 79.9. The van der Waals surface area contributed by atoms with Gasteiger partial charge in [-0.25, -0.2) is 13.6 Å². The first-order chi connectivity index (χ1) is 6.99. The number of halogens is 3. The maximum absolute atomic E-state index is 13.4. The number of esters is 1. The molecule has 1 unspecified atom stereocenters. The molecule has 0 aromatic heterocycles. The summed E-state index contributed by atoms with van der Waals surface area (Å²) in [6, 6.07) is 1.92. The van der Waals surface area contributed by atoms with Gasteiger partial charge < -0.3 is 9.84 Å². The Morgan fingerprint density at radius 2 is 2.13 bits per heavy atom. The summed E-state index contributed by atoms with van der Waals surface area (Å²) in [4.78, 5) is 10.9. The van der Waals surface area contributed by atoms with Gasteiger partial charge in [-0.3, -0.25) is 0 Å². The Morgan fingerprint density at radius 3 is 2.67 bits per heavy atom. The van der Waals surface area contributed by atoms with E-state index in [-0.39, 0.29) is 5.56 Å². The summed E-state index contributed by atoms with van der Waals surface area (Å²) < 4.78 is 30.0. The Morgan fingerprint density at radius 1 is 1.53 bits per heavy atom. The van der Waals surface area contributed by atoms with Crippen LogP contribution in [0.1, 0.15) is 11.7 Å². The molecule has 0 bridgehead atoms. The lowest BCUT2D eigenvalue weighted by Gasteiger charge is -2.10. The predicted molar refractivity (Wildman–Crippen MR) is 51.0 cm³/mol. The second kappa shape index (κ2) is 4.67. The lowest BCUT2D eigenvalue weighted by Crippen LogP contribution is -2.15. The normalized spacial score (nSPS) is 12.3. The van der Waals surface area contributed by atoms with Crippen LogP contribution >= 0.6 is 15.9 Å². The molecule has 0 radical (unpaired) electrons. The minimum Gasteiger partial charge on any atom is -0.467 e. The van der Waals surface area contributed by atoms with Crippen LogP contribution in [0, 0.1) is 11.6 Å². The predicted octanol–water partition coefficient (Wildman–Crippen LogP) is 1.93. The summed E-state index contributed by atoms with van der Waals surface area (Å²) in [5.74, 6) is -2.84. The minimum atomic E-state index is -1.76. The van der Waals surface area contributed by atoms with E-state index in [0.717, 1.165) is 19.2 Å². The Bertz CT molecular complexity index is 395. The largest absolute Gasteiger partial charge is 0.467 e. The number of carbonyl (C=O) groups excluding carboxylic acids is 1. The molecule has 15 heavy (non-hydrogen) atoms. The third kappa shape index (κ3) is 2.32. The molecule has 0 saturated heterocycles. The summed E-state index contributed by atoms with van der Waals surface area (Å²) >= 11 is 2.66. The van der Waals surface area contributed by atoms with Gasteiger partial charge in [0.1, 0.15) is 11.6 Å². The molecule has 3 nitrogen and oxygen atoms in total. The number of aliphatic hydroxyl groups excluding tert-OH is 1. The van der Waals surface area contributed by atoms with Gasteiger partial charge in [-0.05, 0) is 28.1 Å². The van der Waals surface area contributed by atoms with Gasteiger partial charge in [0.2, 0.25) is 0 Å². The van der Waals surface area contributed by atoms with Gasteiger partial charge in [-0.1, -0.05) is 0 Å². The Kier molecular flexibility index (Phi) is 3.76. The summed E-state index contributed by atoms with van der Waals surface area (Å²) in [6.07, 6.45) is -1.76. The number of methoxy groups -OCH3 is 1. The molecule has 1 aromatic carbocycles. The van der Waals surface area contributed by atoms with Gasteiger partial charge in [0.25, 0.3) is 0 Å². The Balaban J connectivity index is 3.16. The average molecular weight is 281 g/mol. The van der Waals surface area contributed by atoms with E-state index in [0.29, 0.717) is 0 Å². The van der Waals surface area contributed by atoms with Gasteiger partial charge in [-0.15, -0.1) is 0 Å². The fourth-order valence-corrected chi connectivity index (χ4v) is 1.35. The quantitative estimate of drug-likeness (QED) is 0.665. The van der Waals surface area contributed by atoms with E-state index in [4.69, 9.17) is 0 Å². The molecular formula is C9H7BrF2O3.